The van der Waals surface area contributed by atoms with Crippen LogP contribution < -0.4 is 10.6 Å². The summed E-state index contributed by atoms with van der Waals surface area (Å²) in [7, 11) is 0. The minimum atomic E-state index is -5.04. The molecule has 0 bridgehead atoms. The summed E-state index contributed by atoms with van der Waals surface area (Å²) in [6, 6.07) is 11.3. The zero-order chi connectivity index (χ0) is 27.7. The van der Waals surface area contributed by atoms with Crippen molar-refractivity contribution < 1.29 is 40.7 Å². The van der Waals surface area contributed by atoms with Crippen LogP contribution in [0.2, 0.25) is 0 Å². The summed E-state index contributed by atoms with van der Waals surface area (Å²) < 4.78 is 83.2. The molecular formula is C25H18F6N4O3. The number of alkyl halides is 6. The Kier molecular flexibility index (Phi) is 7.03. The predicted octanol–water partition coefficient (Wildman–Crippen LogP) is 7.09. The first-order valence-corrected chi connectivity index (χ1v) is 11.0. The molecule has 0 atom stereocenters. The van der Waals surface area contributed by atoms with Crippen LogP contribution in [0, 0.1) is 0 Å². The minimum absolute atomic E-state index is 0.0277. The lowest BCUT2D eigenvalue weighted by atomic mass is 10.0. The topological polar surface area (TPSA) is 96.1 Å². The van der Waals surface area contributed by atoms with E-state index in [1.807, 2.05) is 5.32 Å². The van der Waals surface area contributed by atoms with Crippen molar-refractivity contribution in [3.05, 3.63) is 77.5 Å². The number of benzene rings is 3. The predicted molar refractivity (Wildman–Crippen MR) is 127 cm³/mol. The van der Waals surface area contributed by atoms with Gasteiger partial charge in [0.15, 0.2) is 5.69 Å². The molecule has 0 fully saturated rings. The molecule has 38 heavy (non-hydrogen) atoms. The first kappa shape index (κ1) is 26.5. The monoisotopic (exact) mass is 536 g/mol. The maximum Gasteiger partial charge on any atom is 0.416 e. The van der Waals surface area contributed by atoms with Crippen molar-refractivity contribution in [3.8, 4) is 11.1 Å². The molecule has 3 aromatic carbocycles. The van der Waals surface area contributed by atoms with Gasteiger partial charge in [0.25, 0.3) is 0 Å². The second kappa shape index (κ2) is 10.1. The highest BCUT2D eigenvalue weighted by atomic mass is 19.4. The number of anilines is 2. The number of amides is 2. The van der Waals surface area contributed by atoms with Crippen molar-refractivity contribution in [1.29, 1.82) is 0 Å². The third-order valence-electron chi connectivity index (χ3n) is 5.35. The van der Waals surface area contributed by atoms with Crippen LogP contribution in [0.5, 0.6) is 0 Å². The number of nitrogens with one attached hydrogen (secondary N) is 3. The lowest BCUT2D eigenvalue weighted by Crippen LogP contribution is -2.20. The zero-order valence-electron chi connectivity index (χ0n) is 19.4. The van der Waals surface area contributed by atoms with Crippen molar-refractivity contribution in [3.63, 3.8) is 0 Å². The van der Waals surface area contributed by atoms with E-state index in [0.29, 0.717) is 23.0 Å². The van der Waals surface area contributed by atoms with Gasteiger partial charge < -0.3 is 15.4 Å². The first-order chi connectivity index (χ1) is 17.8. The summed E-state index contributed by atoms with van der Waals surface area (Å²) in [5, 5.41) is 11.7. The van der Waals surface area contributed by atoms with Gasteiger partial charge in [-0.3, -0.25) is 5.10 Å². The fraction of sp³-hybridized carbons (Fsp3) is 0.160. The molecule has 198 valence electrons. The number of rotatable bonds is 5. The Labute approximate surface area is 210 Å². The molecule has 0 aliphatic rings. The van der Waals surface area contributed by atoms with E-state index < -0.39 is 41.2 Å². The van der Waals surface area contributed by atoms with E-state index in [0.717, 1.165) is 11.1 Å². The molecule has 7 nitrogen and oxygen atoms in total. The van der Waals surface area contributed by atoms with Gasteiger partial charge in [0, 0.05) is 16.8 Å². The Morgan fingerprint density at radius 1 is 0.816 bits per heavy atom. The highest BCUT2D eigenvalue weighted by Crippen LogP contribution is 2.37. The van der Waals surface area contributed by atoms with Crippen molar-refractivity contribution in [2.75, 3.05) is 17.2 Å². The zero-order valence-corrected chi connectivity index (χ0v) is 19.4. The SMILES string of the molecule is CCOC(=O)c1n[nH]c2cc(-c3ccc(NC(=O)Nc4cc(C(F)(F)F)cc(C(F)(F)F)c4)cc3)ccc12. The van der Waals surface area contributed by atoms with E-state index in [-0.39, 0.29) is 24.1 Å². The van der Waals surface area contributed by atoms with Crippen LogP contribution in [0.25, 0.3) is 22.0 Å². The van der Waals surface area contributed by atoms with Gasteiger partial charge in [-0.1, -0.05) is 18.2 Å². The molecule has 4 aromatic rings. The number of urea groups is 1. The highest BCUT2D eigenvalue weighted by Gasteiger charge is 2.37. The summed E-state index contributed by atoms with van der Waals surface area (Å²) in [6.45, 7) is 1.89. The lowest BCUT2D eigenvalue weighted by Gasteiger charge is -2.15. The smallest absolute Gasteiger partial charge is 0.416 e. The standard InChI is InChI=1S/C25H18F6N4O3/c1-2-38-22(36)21-19-8-5-14(9-20(19)34-35-21)13-3-6-17(7-4-13)32-23(37)33-18-11-15(24(26,27)28)10-16(12-18)25(29,30)31/h3-12H,2H2,1H3,(H,34,35)(H2,32,33,37). The number of ether oxygens (including phenoxy) is 1. The van der Waals surface area contributed by atoms with Crippen molar-refractivity contribution in [2.45, 2.75) is 19.3 Å². The molecule has 13 heteroatoms. The molecular weight excluding hydrogens is 518 g/mol. The Balaban J connectivity index is 1.48. The molecule has 1 heterocycles. The van der Waals surface area contributed by atoms with Crippen LogP contribution in [0.3, 0.4) is 0 Å². The number of esters is 1. The summed E-state index contributed by atoms with van der Waals surface area (Å²) in [6.07, 6.45) is -10.1. The van der Waals surface area contributed by atoms with Crippen molar-refractivity contribution in [2.24, 2.45) is 0 Å². The van der Waals surface area contributed by atoms with Crippen molar-refractivity contribution in [1.82, 2.24) is 10.2 Å². The second-order valence-electron chi connectivity index (χ2n) is 8.00. The number of aromatic amines is 1. The summed E-state index contributed by atoms with van der Waals surface area (Å²) in [5.74, 6) is -0.556. The largest absolute Gasteiger partial charge is 0.461 e. The number of nitrogens with zero attached hydrogens (tertiary/aromatic N) is 1. The van der Waals surface area contributed by atoms with E-state index in [2.05, 4.69) is 15.5 Å². The fourth-order valence-corrected chi connectivity index (χ4v) is 3.62. The number of H-pyrrole nitrogens is 1. The van der Waals surface area contributed by atoms with E-state index in [9.17, 15) is 35.9 Å². The van der Waals surface area contributed by atoms with E-state index in [1.165, 1.54) is 12.1 Å². The molecule has 0 unspecified atom stereocenters. The number of aromatic nitrogens is 2. The summed E-state index contributed by atoms with van der Waals surface area (Å²) >= 11 is 0. The third-order valence-corrected chi connectivity index (χ3v) is 5.35. The molecule has 0 saturated carbocycles. The molecule has 4 rings (SSSR count). The van der Waals surface area contributed by atoms with Gasteiger partial charge in [0.1, 0.15) is 0 Å². The number of halogens is 6. The van der Waals surface area contributed by atoms with E-state index >= 15 is 0 Å². The maximum absolute atomic E-state index is 13.0. The lowest BCUT2D eigenvalue weighted by molar-refractivity contribution is -0.143. The number of carbonyl (C=O) groups is 2. The summed E-state index contributed by atoms with van der Waals surface area (Å²) in [5.41, 5.74) is -1.31. The molecule has 0 spiro atoms. The normalized spacial score (nSPS) is 11.9. The molecule has 3 N–H and O–H groups in total. The minimum Gasteiger partial charge on any atom is -0.461 e. The molecule has 1 aromatic heterocycles. The number of hydrogen-bond acceptors (Lipinski definition) is 4. The van der Waals surface area contributed by atoms with Crippen LogP contribution in [0.1, 0.15) is 28.5 Å². The van der Waals surface area contributed by atoms with Crippen LogP contribution in [0.15, 0.2) is 60.7 Å². The van der Waals surface area contributed by atoms with Gasteiger partial charge in [-0.25, -0.2) is 9.59 Å². The van der Waals surface area contributed by atoms with Gasteiger partial charge in [-0.15, -0.1) is 0 Å². The molecule has 0 radical (unpaired) electrons. The third kappa shape index (κ3) is 5.88. The molecule has 0 saturated heterocycles. The molecule has 2 amide bonds. The second-order valence-corrected chi connectivity index (χ2v) is 8.00. The van der Waals surface area contributed by atoms with Crippen LogP contribution >= 0.6 is 0 Å². The number of carbonyl (C=O) groups excluding carboxylic acids is 2. The van der Waals surface area contributed by atoms with Gasteiger partial charge in [-0.05, 0) is 60.5 Å². The molecule has 0 aliphatic heterocycles. The Morgan fingerprint density at radius 2 is 1.39 bits per heavy atom. The Hall–Kier alpha value is -4.55. The fourth-order valence-electron chi connectivity index (χ4n) is 3.62. The Bertz CT molecular complexity index is 1460. The van der Waals surface area contributed by atoms with Gasteiger partial charge in [-0.2, -0.15) is 31.4 Å². The average molecular weight is 536 g/mol. The number of hydrogen-bond donors (Lipinski definition) is 3. The van der Waals surface area contributed by atoms with Crippen LogP contribution in [-0.2, 0) is 17.1 Å². The van der Waals surface area contributed by atoms with Gasteiger partial charge >= 0.3 is 24.4 Å². The quantitative estimate of drug-likeness (QED) is 0.188. The van der Waals surface area contributed by atoms with Gasteiger partial charge in [0.05, 0.1) is 23.3 Å². The summed E-state index contributed by atoms with van der Waals surface area (Å²) in [4.78, 5) is 24.3. The first-order valence-electron chi connectivity index (χ1n) is 11.0. The highest BCUT2D eigenvalue weighted by molar-refractivity contribution is 6.03. The molecule has 0 aliphatic carbocycles. The van der Waals surface area contributed by atoms with Crippen LogP contribution in [-0.4, -0.2) is 28.8 Å². The number of fused-ring (bicyclic) bond motifs is 1. The van der Waals surface area contributed by atoms with Gasteiger partial charge in [0.2, 0.25) is 0 Å². The Morgan fingerprint density at radius 3 is 1.97 bits per heavy atom. The van der Waals surface area contributed by atoms with Crippen molar-refractivity contribution >= 4 is 34.3 Å². The average Bonchev–Trinajstić information content (AvgIpc) is 3.27. The maximum atomic E-state index is 13.0. The van der Waals surface area contributed by atoms with Crippen LogP contribution in [0.4, 0.5) is 42.5 Å². The van der Waals surface area contributed by atoms with E-state index in [1.54, 1.807) is 37.3 Å². The van der Waals surface area contributed by atoms with E-state index in [4.69, 9.17) is 4.74 Å².